The number of hydrogen-bond acceptors (Lipinski definition) is 6. The van der Waals surface area contributed by atoms with Crippen molar-refractivity contribution < 1.29 is 13.9 Å². The number of hydrogen-bond donors (Lipinski definition) is 1. The van der Waals surface area contributed by atoms with Gasteiger partial charge in [-0.15, -0.1) is 16.3 Å². The molecule has 3 rings (SSSR count). The van der Waals surface area contributed by atoms with Gasteiger partial charge in [0, 0.05) is 18.3 Å². The number of carbonyl (C=O) groups excluding carboxylic acids is 1. The molecule has 0 fully saturated rings. The molecule has 170 valence electrons. The summed E-state index contributed by atoms with van der Waals surface area (Å²) < 4.78 is 19.3. The Bertz CT molecular complexity index is 1200. The molecule has 0 bridgehead atoms. The van der Waals surface area contributed by atoms with Crippen molar-refractivity contribution in [2.45, 2.75) is 26.7 Å². The fraction of sp³-hybridized carbons (Fsp3) is 0.250. The van der Waals surface area contributed by atoms with Crippen molar-refractivity contribution in [1.82, 2.24) is 4.98 Å². The van der Waals surface area contributed by atoms with E-state index < -0.39 is 11.2 Å². The number of aromatic nitrogens is 1. The van der Waals surface area contributed by atoms with Crippen LogP contribution in [-0.2, 0) is 16.0 Å². The highest BCUT2D eigenvalue weighted by Gasteiger charge is 2.28. The van der Waals surface area contributed by atoms with E-state index in [-0.39, 0.29) is 17.6 Å². The Kier molecular flexibility index (Phi) is 7.41. The maximum Gasteiger partial charge on any atom is 0.311 e. The van der Waals surface area contributed by atoms with Gasteiger partial charge < -0.3 is 10.5 Å². The van der Waals surface area contributed by atoms with E-state index in [1.807, 2.05) is 26.0 Å². The summed E-state index contributed by atoms with van der Waals surface area (Å²) >= 11 is 1.55. The Labute approximate surface area is 196 Å². The number of halogens is 1. The van der Waals surface area contributed by atoms with Crippen LogP contribution in [0.4, 0.5) is 15.8 Å². The van der Waals surface area contributed by atoms with Gasteiger partial charge >= 0.3 is 5.97 Å². The molecule has 0 spiro atoms. The standard InChI is InChI=1S/C24H24FN5O2S/c1-24(2,22(31)32-3)13-12-21-28-14-20(33-21)16-8-10-17(11-9-16)30(23(27)29-15-26)19-7-5-4-6-18(19)25/h4-11,14H,12-13H2,1-3H3,(H2,27,29). The predicted octanol–water partition coefficient (Wildman–Crippen LogP) is 5.01. The Morgan fingerprint density at radius 3 is 2.61 bits per heavy atom. The van der Waals surface area contributed by atoms with Gasteiger partial charge in [-0.1, -0.05) is 24.3 Å². The van der Waals surface area contributed by atoms with Crippen molar-refractivity contribution in [1.29, 1.82) is 5.26 Å². The number of guanidine groups is 1. The smallest absolute Gasteiger partial charge is 0.311 e. The van der Waals surface area contributed by atoms with Gasteiger partial charge in [0.2, 0.25) is 12.2 Å². The Morgan fingerprint density at radius 2 is 1.97 bits per heavy atom. The van der Waals surface area contributed by atoms with Crippen LogP contribution in [-0.4, -0.2) is 24.0 Å². The second-order valence-electron chi connectivity index (χ2n) is 7.90. The lowest BCUT2D eigenvalue weighted by Crippen LogP contribution is -2.33. The maximum absolute atomic E-state index is 14.4. The third-order valence-electron chi connectivity index (χ3n) is 5.15. The van der Waals surface area contributed by atoms with Crippen molar-refractivity contribution in [3.05, 3.63) is 65.6 Å². The minimum atomic E-state index is -0.580. The van der Waals surface area contributed by atoms with E-state index in [1.54, 1.807) is 54.1 Å². The van der Waals surface area contributed by atoms with Crippen molar-refractivity contribution >= 4 is 34.6 Å². The molecule has 2 aromatic carbocycles. The number of aryl methyl sites for hydroxylation is 1. The number of methoxy groups -OCH3 is 1. The van der Waals surface area contributed by atoms with E-state index in [2.05, 4.69) is 9.98 Å². The normalized spacial score (nSPS) is 11.7. The first-order chi connectivity index (χ1) is 15.8. The Hall–Kier alpha value is -3.77. The molecule has 0 saturated heterocycles. The summed E-state index contributed by atoms with van der Waals surface area (Å²) in [5, 5.41) is 9.83. The number of thiazole rings is 1. The van der Waals surface area contributed by atoms with Gasteiger partial charge in [0.25, 0.3) is 0 Å². The predicted molar refractivity (Wildman–Crippen MR) is 127 cm³/mol. The highest BCUT2D eigenvalue weighted by Crippen LogP contribution is 2.33. The van der Waals surface area contributed by atoms with Crippen molar-refractivity contribution in [2.24, 2.45) is 16.1 Å². The molecule has 0 aliphatic carbocycles. The van der Waals surface area contributed by atoms with Gasteiger partial charge in [0.05, 0.1) is 28.1 Å². The van der Waals surface area contributed by atoms with Crippen molar-refractivity contribution in [3.8, 4) is 16.6 Å². The van der Waals surface area contributed by atoms with E-state index in [9.17, 15) is 9.18 Å². The fourth-order valence-electron chi connectivity index (χ4n) is 3.26. The number of nitrogens with zero attached hydrogens (tertiary/aromatic N) is 4. The number of carbonyl (C=O) groups is 1. The number of esters is 1. The zero-order valence-electron chi connectivity index (χ0n) is 18.6. The first kappa shape index (κ1) is 23.9. The number of para-hydroxylation sites is 1. The molecule has 33 heavy (non-hydrogen) atoms. The van der Waals surface area contributed by atoms with Gasteiger partial charge in [-0.3, -0.25) is 9.69 Å². The number of anilines is 2. The lowest BCUT2D eigenvalue weighted by atomic mass is 9.88. The third kappa shape index (κ3) is 5.54. The van der Waals surface area contributed by atoms with E-state index >= 15 is 0 Å². The summed E-state index contributed by atoms with van der Waals surface area (Å²) in [6.07, 6.45) is 4.72. The highest BCUT2D eigenvalue weighted by atomic mass is 32.1. The first-order valence-corrected chi connectivity index (χ1v) is 11.0. The highest BCUT2D eigenvalue weighted by molar-refractivity contribution is 7.15. The molecule has 1 heterocycles. The van der Waals surface area contributed by atoms with Gasteiger partial charge in [-0.2, -0.15) is 5.26 Å². The van der Waals surface area contributed by atoms with Gasteiger partial charge in [0.15, 0.2) is 0 Å². The largest absolute Gasteiger partial charge is 0.469 e. The summed E-state index contributed by atoms with van der Waals surface area (Å²) in [7, 11) is 1.39. The monoisotopic (exact) mass is 465 g/mol. The zero-order chi connectivity index (χ0) is 24.0. The third-order valence-corrected chi connectivity index (χ3v) is 6.26. The van der Waals surface area contributed by atoms with Gasteiger partial charge in [-0.05, 0) is 50.1 Å². The Morgan fingerprint density at radius 1 is 1.27 bits per heavy atom. The minimum absolute atomic E-state index is 0.136. The molecule has 0 radical (unpaired) electrons. The number of aliphatic imine (C=N–C) groups is 1. The number of rotatable bonds is 7. The first-order valence-electron chi connectivity index (χ1n) is 10.2. The summed E-state index contributed by atoms with van der Waals surface area (Å²) in [6.45, 7) is 3.71. The molecule has 0 saturated carbocycles. The lowest BCUT2D eigenvalue weighted by molar-refractivity contribution is -0.151. The molecule has 1 aromatic heterocycles. The van der Waals surface area contributed by atoms with Crippen LogP contribution in [0.15, 0.2) is 59.7 Å². The molecule has 0 aliphatic heterocycles. The topological polar surface area (TPSA) is 105 Å². The molecule has 0 unspecified atom stereocenters. The Balaban J connectivity index is 1.82. The van der Waals surface area contributed by atoms with Crippen LogP contribution in [0, 0.1) is 22.7 Å². The number of nitrogens with two attached hydrogens (primary N) is 1. The summed E-state index contributed by atoms with van der Waals surface area (Å²) in [5.41, 5.74) is 7.06. The molecule has 9 heteroatoms. The van der Waals surface area contributed by atoms with Crippen LogP contribution in [0.25, 0.3) is 10.4 Å². The van der Waals surface area contributed by atoms with E-state index in [1.165, 1.54) is 18.1 Å². The second-order valence-corrected chi connectivity index (χ2v) is 9.01. The van der Waals surface area contributed by atoms with Crippen LogP contribution in [0.3, 0.4) is 0 Å². The molecular weight excluding hydrogens is 441 g/mol. The number of ether oxygens (including phenoxy) is 1. The second kappa shape index (κ2) is 10.2. The molecular formula is C24H24FN5O2S. The fourth-order valence-corrected chi connectivity index (χ4v) is 4.18. The van der Waals surface area contributed by atoms with E-state index in [4.69, 9.17) is 15.7 Å². The summed E-state index contributed by atoms with van der Waals surface area (Å²) in [4.78, 5) is 22.3. The molecule has 0 aliphatic rings. The van der Waals surface area contributed by atoms with Gasteiger partial charge in [0.1, 0.15) is 5.82 Å². The van der Waals surface area contributed by atoms with Gasteiger partial charge in [-0.25, -0.2) is 9.37 Å². The SMILES string of the molecule is COC(=O)C(C)(C)CCc1ncc(-c2ccc(N(C(N)=NC#N)c3ccccc3F)cc2)s1. The van der Waals surface area contributed by atoms with Crippen LogP contribution < -0.4 is 10.6 Å². The van der Waals surface area contributed by atoms with Crippen LogP contribution in [0.2, 0.25) is 0 Å². The van der Waals surface area contributed by atoms with E-state index in [0.717, 1.165) is 15.4 Å². The molecule has 3 aromatic rings. The average molecular weight is 466 g/mol. The number of benzene rings is 2. The molecule has 0 atom stereocenters. The quantitative estimate of drug-likeness (QED) is 0.227. The minimum Gasteiger partial charge on any atom is -0.469 e. The summed E-state index contributed by atoms with van der Waals surface area (Å²) in [5.74, 6) is -0.864. The summed E-state index contributed by atoms with van der Waals surface area (Å²) in [6, 6.07) is 13.4. The van der Waals surface area contributed by atoms with Crippen molar-refractivity contribution in [3.63, 3.8) is 0 Å². The molecule has 7 nitrogen and oxygen atoms in total. The van der Waals surface area contributed by atoms with Crippen LogP contribution in [0.1, 0.15) is 25.3 Å². The van der Waals surface area contributed by atoms with Crippen molar-refractivity contribution in [2.75, 3.05) is 12.0 Å². The number of nitriles is 1. The van der Waals surface area contributed by atoms with Crippen LogP contribution in [0.5, 0.6) is 0 Å². The van der Waals surface area contributed by atoms with Crippen LogP contribution >= 0.6 is 11.3 Å². The average Bonchev–Trinajstić information content (AvgIpc) is 3.28. The molecule has 2 N–H and O–H groups in total. The lowest BCUT2D eigenvalue weighted by Gasteiger charge is -2.23. The van der Waals surface area contributed by atoms with E-state index in [0.29, 0.717) is 18.5 Å². The zero-order valence-corrected chi connectivity index (χ0v) is 19.4. The maximum atomic E-state index is 14.4. The molecule has 0 amide bonds.